The maximum absolute atomic E-state index is 12.3. The fraction of sp³-hybridized carbons (Fsp3) is 0.278. The Morgan fingerprint density at radius 3 is 2.84 bits per heavy atom. The fourth-order valence-electron chi connectivity index (χ4n) is 2.56. The van der Waals surface area contributed by atoms with Crippen molar-refractivity contribution in [1.29, 1.82) is 0 Å². The van der Waals surface area contributed by atoms with Crippen molar-refractivity contribution in [1.82, 2.24) is 15.6 Å². The lowest BCUT2D eigenvalue weighted by atomic mass is 10.1. The normalized spacial score (nSPS) is 17.1. The summed E-state index contributed by atoms with van der Waals surface area (Å²) in [7, 11) is 0. The molecule has 1 fully saturated rings. The lowest BCUT2D eigenvalue weighted by Gasteiger charge is -2.16. The molecule has 0 radical (unpaired) electrons. The van der Waals surface area contributed by atoms with E-state index in [4.69, 9.17) is 4.74 Å². The number of hydrogen-bond donors (Lipinski definition) is 3. The molecule has 1 saturated heterocycles. The molecule has 3 N–H and O–H groups in total. The molecule has 1 atom stereocenters. The molecule has 0 unspecified atom stereocenters. The molecule has 2 aromatic rings. The highest BCUT2D eigenvalue weighted by molar-refractivity contribution is 5.94. The average molecular weight is 340 g/mol. The van der Waals surface area contributed by atoms with Crippen molar-refractivity contribution in [2.75, 3.05) is 11.9 Å². The van der Waals surface area contributed by atoms with Crippen LogP contribution >= 0.6 is 0 Å². The van der Waals surface area contributed by atoms with Crippen LogP contribution in [0.4, 0.5) is 10.5 Å². The maximum Gasteiger partial charge on any atom is 0.320 e. The zero-order valence-corrected chi connectivity index (χ0v) is 13.7. The van der Waals surface area contributed by atoms with Crippen LogP contribution in [0.15, 0.2) is 48.7 Å². The van der Waals surface area contributed by atoms with Gasteiger partial charge in [-0.15, -0.1) is 0 Å². The second kappa shape index (κ2) is 8.14. The van der Waals surface area contributed by atoms with E-state index in [9.17, 15) is 9.59 Å². The summed E-state index contributed by atoms with van der Waals surface area (Å²) in [5, 5.41) is 8.19. The monoisotopic (exact) mass is 340 g/mol. The third-order valence-electron chi connectivity index (χ3n) is 3.82. The van der Waals surface area contributed by atoms with Gasteiger partial charge in [-0.3, -0.25) is 4.79 Å². The second-order valence-electron chi connectivity index (χ2n) is 5.71. The minimum atomic E-state index is -0.530. The predicted molar refractivity (Wildman–Crippen MR) is 93.6 cm³/mol. The molecule has 0 bridgehead atoms. The van der Waals surface area contributed by atoms with E-state index in [1.165, 1.54) is 0 Å². The van der Waals surface area contributed by atoms with Crippen LogP contribution < -0.4 is 20.7 Å². The van der Waals surface area contributed by atoms with Crippen molar-refractivity contribution in [2.45, 2.75) is 25.3 Å². The first-order valence-electron chi connectivity index (χ1n) is 8.25. The van der Waals surface area contributed by atoms with Gasteiger partial charge in [-0.05, 0) is 43.5 Å². The Balaban J connectivity index is 1.66. The Hall–Kier alpha value is -3.09. The largest absolute Gasteiger partial charge is 0.437 e. The summed E-state index contributed by atoms with van der Waals surface area (Å²) in [6, 6.07) is 11.6. The summed E-state index contributed by atoms with van der Waals surface area (Å²) in [4.78, 5) is 28.3. The molecule has 7 heteroatoms. The number of urea groups is 1. The maximum atomic E-state index is 12.3. The van der Waals surface area contributed by atoms with Crippen LogP contribution in [0.25, 0.3) is 0 Å². The molecule has 1 aliphatic rings. The van der Waals surface area contributed by atoms with Crippen molar-refractivity contribution in [3.8, 4) is 11.6 Å². The Bertz CT molecular complexity index is 736. The van der Waals surface area contributed by atoms with Gasteiger partial charge in [0.1, 0.15) is 17.5 Å². The van der Waals surface area contributed by atoms with Crippen molar-refractivity contribution in [3.05, 3.63) is 48.7 Å². The van der Waals surface area contributed by atoms with Gasteiger partial charge < -0.3 is 20.7 Å². The van der Waals surface area contributed by atoms with E-state index in [0.717, 1.165) is 12.8 Å². The number of amides is 3. The quantitative estimate of drug-likeness (QED) is 0.798. The molecule has 130 valence electrons. The second-order valence-corrected chi connectivity index (χ2v) is 5.71. The number of anilines is 1. The van der Waals surface area contributed by atoms with Crippen molar-refractivity contribution in [2.24, 2.45) is 0 Å². The topological polar surface area (TPSA) is 92.3 Å². The van der Waals surface area contributed by atoms with Gasteiger partial charge in [0.15, 0.2) is 0 Å². The van der Waals surface area contributed by atoms with Gasteiger partial charge in [-0.25, -0.2) is 9.78 Å². The van der Waals surface area contributed by atoms with Gasteiger partial charge in [-0.1, -0.05) is 18.2 Å². The van der Waals surface area contributed by atoms with Crippen LogP contribution in [0, 0.1) is 0 Å². The summed E-state index contributed by atoms with van der Waals surface area (Å²) in [5.41, 5.74) is 0.429. The molecule has 2 heterocycles. The van der Waals surface area contributed by atoms with E-state index in [-0.39, 0.29) is 11.8 Å². The van der Waals surface area contributed by atoms with Crippen molar-refractivity contribution < 1.29 is 14.3 Å². The molecule has 0 saturated carbocycles. The molecule has 0 spiro atoms. The van der Waals surface area contributed by atoms with Gasteiger partial charge in [0.2, 0.25) is 11.8 Å². The molecule has 1 aromatic carbocycles. The number of para-hydroxylation sites is 1. The van der Waals surface area contributed by atoms with Gasteiger partial charge >= 0.3 is 6.03 Å². The number of nitrogens with one attached hydrogen (secondary N) is 3. The highest BCUT2D eigenvalue weighted by Crippen LogP contribution is 2.26. The predicted octanol–water partition coefficient (Wildman–Crippen LogP) is 2.66. The number of hydrogen-bond acceptors (Lipinski definition) is 4. The third-order valence-corrected chi connectivity index (χ3v) is 3.82. The number of nitrogens with zero attached hydrogens (tertiary/aromatic N) is 1. The SMILES string of the molecule is O=C(Nc1cccnc1Oc1ccccc1)N[C@H]1CCCCNC1=O. The van der Waals surface area contributed by atoms with Gasteiger partial charge in [0.05, 0.1) is 0 Å². The van der Waals surface area contributed by atoms with E-state index < -0.39 is 12.1 Å². The number of aromatic nitrogens is 1. The molecule has 7 nitrogen and oxygen atoms in total. The first kappa shape index (κ1) is 16.8. The highest BCUT2D eigenvalue weighted by Gasteiger charge is 2.22. The van der Waals surface area contributed by atoms with E-state index in [0.29, 0.717) is 24.4 Å². The minimum Gasteiger partial charge on any atom is -0.437 e. The van der Waals surface area contributed by atoms with Crippen LogP contribution in [0.1, 0.15) is 19.3 Å². The van der Waals surface area contributed by atoms with E-state index >= 15 is 0 Å². The summed E-state index contributed by atoms with van der Waals surface area (Å²) in [6.07, 6.45) is 4.02. The number of ether oxygens (including phenoxy) is 1. The van der Waals surface area contributed by atoms with E-state index in [1.807, 2.05) is 18.2 Å². The van der Waals surface area contributed by atoms with E-state index in [1.54, 1.807) is 30.5 Å². The van der Waals surface area contributed by atoms with Crippen LogP contribution in [0.3, 0.4) is 0 Å². The standard InChI is InChI=1S/C18H20N4O3/c23-16-14(9-4-5-11-19-16)21-18(24)22-15-10-6-12-20-17(15)25-13-7-2-1-3-8-13/h1-3,6-8,10,12,14H,4-5,9,11H2,(H,19,23)(H2,21,22,24)/t14-/m0/s1. The van der Waals surface area contributed by atoms with Crippen LogP contribution in [-0.2, 0) is 4.79 Å². The number of benzene rings is 1. The molecule has 1 aromatic heterocycles. The van der Waals surface area contributed by atoms with Crippen molar-refractivity contribution in [3.63, 3.8) is 0 Å². The molecule has 25 heavy (non-hydrogen) atoms. The Labute approximate surface area is 145 Å². The third kappa shape index (κ3) is 4.69. The lowest BCUT2D eigenvalue weighted by Crippen LogP contribution is -2.47. The summed E-state index contributed by atoms with van der Waals surface area (Å²) in [6.45, 7) is 0.649. The van der Waals surface area contributed by atoms with Gasteiger partial charge in [-0.2, -0.15) is 0 Å². The van der Waals surface area contributed by atoms with Crippen LogP contribution in [-0.4, -0.2) is 29.5 Å². The van der Waals surface area contributed by atoms with Crippen LogP contribution in [0.2, 0.25) is 0 Å². The molecular formula is C18H20N4O3. The highest BCUT2D eigenvalue weighted by atomic mass is 16.5. The zero-order valence-electron chi connectivity index (χ0n) is 13.7. The van der Waals surface area contributed by atoms with Crippen molar-refractivity contribution >= 4 is 17.6 Å². The smallest absolute Gasteiger partial charge is 0.320 e. The molecule has 3 rings (SSSR count). The fourth-order valence-corrected chi connectivity index (χ4v) is 2.56. The van der Waals surface area contributed by atoms with Gasteiger partial charge in [0, 0.05) is 12.7 Å². The molecular weight excluding hydrogens is 320 g/mol. The Morgan fingerprint density at radius 1 is 1.16 bits per heavy atom. The summed E-state index contributed by atoms with van der Waals surface area (Å²) in [5.74, 6) is 0.751. The Kier molecular flexibility index (Phi) is 5.46. The summed E-state index contributed by atoms with van der Waals surface area (Å²) >= 11 is 0. The number of pyridine rings is 1. The van der Waals surface area contributed by atoms with Crippen LogP contribution in [0.5, 0.6) is 11.6 Å². The average Bonchev–Trinajstić information content (AvgIpc) is 2.82. The summed E-state index contributed by atoms with van der Waals surface area (Å²) < 4.78 is 5.71. The first-order chi connectivity index (χ1) is 12.2. The lowest BCUT2D eigenvalue weighted by molar-refractivity contribution is -0.122. The number of rotatable bonds is 4. The number of carbonyl (C=O) groups is 2. The molecule has 0 aliphatic carbocycles. The first-order valence-corrected chi connectivity index (χ1v) is 8.25. The van der Waals surface area contributed by atoms with Gasteiger partial charge in [0.25, 0.3) is 0 Å². The minimum absolute atomic E-state index is 0.153. The zero-order chi connectivity index (χ0) is 17.5. The Morgan fingerprint density at radius 2 is 2.00 bits per heavy atom. The number of carbonyl (C=O) groups excluding carboxylic acids is 2. The molecule has 1 aliphatic heterocycles. The molecule has 3 amide bonds. The van der Waals surface area contributed by atoms with E-state index in [2.05, 4.69) is 20.9 Å².